The number of aliphatic hydroxyl groups excluding tert-OH is 1. The molecule has 10 heteroatoms. The number of nitrogens with one attached hydrogen (secondary N) is 2. The Hall–Kier alpha value is -1.32. The summed E-state index contributed by atoms with van der Waals surface area (Å²) in [6.07, 6.45) is 5.29. The van der Waals surface area contributed by atoms with Crippen molar-refractivity contribution in [3.05, 3.63) is 0 Å². The van der Waals surface area contributed by atoms with Gasteiger partial charge in [0, 0.05) is 24.8 Å². The maximum atomic E-state index is 12.7. The lowest BCUT2D eigenvalue weighted by Crippen LogP contribution is -2.49. The molecule has 1 saturated carbocycles. The fraction of sp³-hybridized carbons (Fsp3) is 0.789. The third-order valence-electron chi connectivity index (χ3n) is 5.03. The van der Waals surface area contributed by atoms with Crippen molar-refractivity contribution >= 4 is 46.9 Å². The Bertz CT molecular complexity index is 597. The summed E-state index contributed by atoms with van der Waals surface area (Å²) in [4.78, 5) is 39.4. The van der Waals surface area contributed by atoms with Crippen molar-refractivity contribution in [3.63, 3.8) is 0 Å². The number of hydrogen-bond acceptors (Lipinski definition) is 6. The second-order valence-corrected chi connectivity index (χ2v) is 8.85. The standard InChI is InChI=1S/C19H32N4O4S.ClH/c1-13(2)12-15(20-17(26)14-6-4-3-5-7-14)16(25)18(27)21-22-19-23(8-10-24)9-11-28-19;/h13-15,24H,3-12H2,1-2H3,(H,20,26)(H,21,27);1H/b22-19-;/t15-;/m0./s1. The summed E-state index contributed by atoms with van der Waals surface area (Å²) in [7, 11) is 0. The van der Waals surface area contributed by atoms with Crippen molar-refractivity contribution in [1.82, 2.24) is 15.6 Å². The first-order valence-electron chi connectivity index (χ1n) is 10.1. The van der Waals surface area contributed by atoms with Crippen molar-refractivity contribution < 1.29 is 19.5 Å². The molecule has 1 saturated heterocycles. The van der Waals surface area contributed by atoms with Crippen LogP contribution in [0.1, 0.15) is 52.4 Å². The minimum Gasteiger partial charge on any atom is -0.395 e. The van der Waals surface area contributed by atoms with Crippen molar-refractivity contribution in [2.75, 3.05) is 25.4 Å². The van der Waals surface area contributed by atoms with Crippen LogP contribution in [0.3, 0.4) is 0 Å². The first kappa shape index (κ1) is 25.7. The SMILES string of the molecule is CC(C)C[C@H](NC(=O)C1CCCCC1)C(=O)C(=O)N/N=C1\SCCN1CCO.Cl. The lowest BCUT2D eigenvalue weighted by Gasteiger charge is -2.25. The van der Waals surface area contributed by atoms with Gasteiger partial charge in [0.05, 0.1) is 12.6 Å². The fourth-order valence-corrected chi connectivity index (χ4v) is 4.50. The van der Waals surface area contributed by atoms with Gasteiger partial charge in [-0.05, 0) is 25.2 Å². The van der Waals surface area contributed by atoms with E-state index >= 15 is 0 Å². The molecule has 2 amide bonds. The molecule has 29 heavy (non-hydrogen) atoms. The highest BCUT2D eigenvalue weighted by atomic mass is 35.5. The average molecular weight is 449 g/mol. The Morgan fingerprint density at radius 2 is 1.93 bits per heavy atom. The first-order chi connectivity index (χ1) is 13.4. The number of aliphatic hydroxyl groups is 1. The van der Waals surface area contributed by atoms with E-state index in [-0.39, 0.29) is 36.8 Å². The van der Waals surface area contributed by atoms with Crippen LogP contribution in [-0.2, 0) is 14.4 Å². The Kier molecular flexibility index (Phi) is 11.6. The van der Waals surface area contributed by atoms with Gasteiger partial charge in [0.2, 0.25) is 11.7 Å². The smallest absolute Gasteiger partial charge is 0.309 e. The normalized spacial score (nSPS) is 19.7. The van der Waals surface area contributed by atoms with Gasteiger partial charge in [-0.2, -0.15) is 0 Å². The van der Waals surface area contributed by atoms with E-state index < -0.39 is 17.7 Å². The van der Waals surface area contributed by atoms with Gasteiger partial charge in [0.15, 0.2) is 5.17 Å². The van der Waals surface area contributed by atoms with Crippen LogP contribution in [0.25, 0.3) is 0 Å². The number of hydrazone groups is 1. The summed E-state index contributed by atoms with van der Waals surface area (Å²) in [6, 6.07) is -0.834. The number of carbonyl (C=O) groups is 3. The third-order valence-corrected chi connectivity index (χ3v) is 6.02. The molecule has 0 aromatic carbocycles. The topological polar surface area (TPSA) is 111 Å². The number of thioether (sulfide) groups is 1. The van der Waals surface area contributed by atoms with E-state index in [1.54, 1.807) is 0 Å². The van der Waals surface area contributed by atoms with Crippen molar-refractivity contribution in [2.45, 2.75) is 58.4 Å². The summed E-state index contributed by atoms with van der Waals surface area (Å²) in [6.45, 7) is 5.07. The molecule has 2 fully saturated rings. The van der Waals surface area contributed by atoms with Crippen molar-refractivity contribution in [3.8, 4) is 0 Å². The van der Waals surface area contributed by atoms with Gasteiger partial charge in [-0.1, -0.05) is 44.9 Å². The monoisotopic (exact) mass is 448 g/mol. The van der Waals surface area contributed by atoms with Crippen LogP contribution in [-0.4, -0.2) is 64.3 Å². The summed E-state index contributed by atoms with van der Waals surface area (Å²) in [5.74, 6) is -0.710. The van der Waals surface area contributed by atoms with E-state index in [4.69, 9.17) is 5.11 Å². The van der Waals surface area contributed by atoms with Crippen LogP contribution in [0.2, 0.25) is 0 Å². The Morgan fingerprint density at radius 3 is 2.55 bits per heavy atom. The number of β-amino-alcohol motifs (C(OH)–C–C–N with tert-alkyl or cyclic N) is 1. The lowest BCUT2D eigenvalue weighted by atomic mass is 9.88. The number of hydrogen-bond donors (Lipinski definition) is 3. The highest BCUT2D eigenvalue weighted by molar-refractivity contribution is 8.14. The summed E-state index contributed by atoms with van der Waals surface area (Å²) >= 11 is 1.46. The predicted octanol–water partition coefficient (Wildman–Crippen LogP) is 1.52. The molecule has 1 aliphatic carbocycles. The molecule has 8 nitrogen and oxygen atoms in total. The predicted molar refractivity (Wildman–Crippen MR) is 117 cm³/mol. The number of amides is 2. The van der Waals surface area contributed by atoms with Crippen LogP contribution in [0.15, 0.2) is 5.10 Å². The lowest BCUT2D eigenvalue weighted by molar-refractivity contribution is -0.140. The Morgan fingerprint density at radius 1 is 1.24 bits per heavy atom. The van der Waals surface area contributed by atoms with E-state index in [1.807, 2.05) is 18.7 Å². The minimum absolute atomic E-state index is 0. The van der Waals surface area contributed by atoms with E-state index in [0.717, 1.165) is 44.4 Å². The molecule has 1 aliphatic heterocycles. The molecule has 0 spiro atoms. The van der Waals surface area contributed by atoms with Gasteiger partial charge in [-0.3, -0.25) is 14.4 Å². The maximum Gasteiger partial charge on any atom is 0.309 e. The molecule has 0 unspecified atom stereocenters. The van der Waals surface area contributed by atoms with Crippen molar-refractivity contribution in [1.29, 1.82) is 0 Å². The molecule has 166 valence electrons. The number of nitrogens with zero attached hydrogens (tertiary/aromatic N) is 2. The highest BCUT2D eigenvalue weighted by Gasteiger charge is 2.31. The molecule has 0 aromatic rings. The summed E-state index contributed by atoms with van der Waals surface area (Å²) in [5.41, 5.74) is 2.32. The zero-order valence-electron chi connectivity index (χ0n) is 17.2. The number of rotatable bonds is 9. The van der Waals surface area contributed by atoms with Gasteiger partial charge < -0.3 is 15.3 Å². The molecule has 0 bridgehead atoms. The van der Waals surface area contributed by atoms with E-state index in [9.17, 15) is 14.4 Å². The largest absolute Gasteiger partial charge is 0.395 e. The van der Waals surface area contributed by atoms with Gasteiger partial charge in [-0.25, -0.2) is 5.43 Å². The highest BCUT2D eigenvalue weighted by Crippen LogP contribution is 2.24. The molecule has 1 heterocycles. The third kappa shape index (κ3) is 8.14. The zero-order chi connectivity index (χ0) is 20.5. The summed E-state index contributed by atoms with van der Waals surface area (Å²) in [5, 5.41) is 16.5. The van der Waals surface area contributed by atoms with Gasteiger partial charge in [-0.15, -0.1) is 17.5 Å². The van der Waals surface area contributed by atoms with Gasteiger partial charge >= 0.3 is 5.91 Å². The molecule has 0 radical (unpaired) electrons. The number of carbonyl (C=O) groups excluding carboxylic acids is 3. The van der Waals surface area contributed by atoms with E-state index in [0.29, 0.717) is 18.1 Å². The second kappa shape index (κ2) is 13.1. The molecule has 2 aliphatic rings. The van der Waals surface area contributed by atoms with Crippen molar-refractivity contribution in [2.24, 2.45) is 16.9 Å². The Labute approximate surface area is 183 Å². The minimum atomic E-state index is -0.834. The number of halogens is 1. The fourth-order valence-electron chi connectivity index (χ4n) is 3.53. The maximum absolute atomic E-state index is 12.7. The van der Waals surface area contributed by atoms with Crippen LogP contribution in [0.5, 0.6) is 0 Å². The Balaban J connectivity index is 0.00000420. The zero-order valence-corrected chi connectivity index (χ0v) is 18.8. The molecule has 2 rings (SSSR count). The number of ketones is 1. The average Bonchev–Trinajstić information content (AvgIpc) is 3.12. The van der Waals surface area contributed by atoms with E-state index in [2.05, 4.69) is 15.8 Å². The van der Waals surface area contributed by atoms with Crippen LogP contribution >= 0.6 is 24.2 Å². The van der Waals surface area contributed by atoms with Gasteiger partial charge in [0.25, 0.3) is 0 Å². The summed E-state index contributed by atoms with van der Waals surface area (Å²) < 4.78 is 0. The van der Waals surface area contributed by atoms with Crippen LogP contribution in [0, 0.1) is 11.8 Å². The van der Waals surface area contributed by atoms with Gasteiger partial charge in [0.1, 0.15) is 0 Å². The number of Topliss-reactive ketones (excluding diaryl/α,β-unsaturated/α-hetero) is 1. The molecule has 1 atom stereocenters. The molecular weight excluding hydrogens is 416 g/mol. The first-order valence-corrected chi connectivity index (χ1v) is 11.1. The molecule has 3 N–H and O–H groups in total. The van der Waals surface area contributed by atoms with Crippen LogP contribution < -0.4 is 10.7 Å². The number of amidine groups is 1. The van der Waals surface area contributed by atoms with E-state index in [1.165, 1.54) is 11.8 Å². The molecule has 0 aromatic heterocycles. The quantitative estimate of drug-likeness (QED) is 0.364. The molecular formula is C19H33ClN4O4S. The second-order valence-electron chi connectivity index (χ2n) is 7.78. The van der Waals surface area contributed by atoms with Crippen LogP contribution in [0.4, 0.5) is 0 Å².